The first-order valence-electron chi connectivity index (χ1n) is 3.39. The van der Waals surface area contributed by atoms with Gasteiger partial charge in [-0.3, -0.25) is 9.78 Å². The molecule has 12 heavy (non-hydrogen) atoms. The molecule has 0 bridgehead atoms. The van der Waals surface area contributed by atoms with E-state index in [-0.39, 0.29) is 6.79 Å². The fourth-order valence-corrected chi connectivity index (χ4v) is 0.736. The van der Waals surface area contributed by atoms with Crippen LogP contribution in [0, 0.1) is 0 Å². The number of hydrogen-bond acceptors (Lipinski definition) is 4. The minimum Gasteiger partial charge on any atom is -0.467 e. The van der Waals surface area contributed by atoms with Crippen molar-refractivity contribution in [1.82, 2.24) is 4.98 Å². The Morgan fingerprint density at radius 2 is 2.50 bits per heavy atom. The number of carbonyl (C=O) groups is 1. The zero-order valence-electron chi connectivity index (χ0n) is 6.69. The average Bonchev–Trinajstić information content (AvgIpc) is 2.15. The van der Waals surface area contributed by atoms with Crippen molar-refractivity contribution >= 4 is 6.29 Å². The number of hydrogen-bond donors (Lipinski definition) is 0. The van der Waals surface area contributed by atoms with E-state index in [9.17, 15) is 4.79 Å². The lowest BCUT2D eigenvalue weighted by Crippen LogP contribution is -2.01. The van der Waals surface area contributed by atoms with E-state index in [0.29, 0.717) is 17.6 Å². The molecule has 0 unspecified atom stereocenters. The van der Waals surface area contributed by atoms with Crippen LogP contribution < -0.4 is 4.74 Å². The van der Waals surface area contributed by atoms with Crippen LogP contribution in [0.4, 0.5) is 0 Å². The summed E-state index contributed by atoms with van der Waals surface area (Å²) in [6.07, 6.45) is 3.69. The first kappa shape index (κ1) is 8.67. The molecule has 0 amide bonds. The van der Waals surface area contributed by atoms with Gasteiger partial charge in [0.15, 0.2) is 13.1 Å². The van der Waals surface area contributed by atoms with E-state index in [1.54, 1.807) is 12.3 Å². The molecule has 0 aromatic carbocycles. The molecule has 0 atom stereocenters. The summed E-state index contributed by atoms with van der Waals surface area (Å²) in [4.78, 5) is 14.2. The fraction of sp³-hybridized carbons (Fsp3) is 0.250. The largest absolute Gasteiger partial charge is 0.467 e. The van der Waals surface area contributed by atoms with E-state index >= 15 is 0 Å². The van der Waals surface area contributed by atoms with Crippen LogP contribution in [0.2, 0.25) is 0 Å². The molecule has 1 aromatic heterocycles. The molecule has 0 aliphatic carbocycles. The molecule has 0 N–H and O–H groups in total. The van der Waals surface area contributed by atoms with Crippen molar-refractivity contribution in [1.29, 1.82) is 0 Å². The van der Waals surface area contributed by atoms with Crippen molar-refractivity contribution in [3.8, 4) is 5.75 Å². The predicted molar refractivity (Wildman–Crippen MR) is 42.1 cm³/mol. The number of pyridine rings is 1. The summed E-state index contributed by atoms with van der Waals surface area (Å²) >= 11 is 0. The van der Waals surface area contributed by atoms with Crippen LogP contribution in [0.5, 0.6) is 5.75 Å². The maximum atomic E-state index is 10.4. The SMILES string of the molecule is COCOc1ccncc1C=O. The molecular formula is C8H9NO3. The second-order valence-corrected chi connectivity index (χ2v) is 2.08. The molecule has 0 aliphatic rings. The van der Waals surface area contributed by atoms with E-state index in [1.807, 2.05) is 0 Å². The van der Waals surface area contributed by atoms with Gasteiger partial charge in [0, 0.05) is 19.5 Å². The van der Waals surface area contributed by atoms with Crippen molar-refractivity contribution in [2.24, 2.45) is 0 Å². The maximum absolute atomic E-state index is 10.4. The van der Waals surface area contributed by atoms with Gasteiger partial charge in [-0.1, -0.05) is 0 Å². The fourth-order valence-electron chi connectivity index (χ4n) is 0.736. The summed E-state index contributed by atoms with van der Waals surface area (Å²) in [6.45, 7) is 0.130. The normalized spacial score (nSPS) is 9.42. The van der Waals surface area contributed by atoms with Crippen LogP contribution in [0.15, 0.2) is 18.5 Å². The molecule has 0 saturated carbocycles. The lowest BCUT2D eigenvalue weighted by atomic mass is 10.3. The summed E-state index contributed by atoms with van der Waals surface area (Å²) in [5.74, 6) is 0.488. The molecular weight excluding hydrogens is 158 g/mol. The van der Waals surface area contributed by atoms with Crippen LogP contribution in [0.25, 0.3) is 0 Å². The molecule has 0 aliphatic heterocycles. The Bertz CT molecular complexity index is 262. The molecule has 1 heterocycles. The number of carbonyl (C=O) groups excluding carboxylic acids is 1. The molecule has 1 rings (SSSR count). The summed E-state index contributed by atoms with van der Waals surface area (Å²) in [7, 11) is 1.52. The molecule has 1 aromatic rings. The van der Waals surface area contributed by atoms with Crippen LogP contribution in [0.3, 0.4) is 0 Å². The number of rotatable bonds is 4. The minimum atomic E-state index is 0.130. The van der Waals surface area contributed by atoms with E-state index in [1.165, 1.54) is 13.3 Å². The number of ether oxygens (including phenoxy) is 2. The third kappa shape index (κ3) is 2.03. The van der Waals surface area contributed by atoms with Crippen LogP contribution in [-0.4, -0.2) is 25.2 Å². The Balaban J connectivity index is 2.75. The third-order valence-corrected chi connectivity index (χ3v) is 1.27. The standard InChI is InChI=1S/C8H9NO3/c1-11-6-12-8-2-3-9-4-7(8)5-10/h2-5H,6H2,1H3. The van der Waals surface area contributed by atoms with Crippen LogP contribution >= 0.6 is 0 Å². The number of aldehydes is 1. The van der Waals surface area contributed by atoms with Gasteiger partial charge >= 0.3 is 0 Å². The van der Waals surface area contributed by atoms with Gasteiger partial charge in [-0.25, -0.2) is 0 Å². The highest BCUT2D eigenvalue weighted by atomic mass is 16.7. The Morgan fingerprint density at radius 3 is 3.17 bits per heavy atom. The lowest BCUT2D eigenvalue weighted by Gasteiger charge is -2.04. The number of nitrogens with zero attached hydrogens (tertiary/aromatic N) is 1. The molecule has 64 valence electrons. The van der Waals surface area contributed by atoms with Crippen molar-refractivity contribution in [2.45, 2.75) is 0 Å². The van der Waals surface area contributed by atoms with Gasteiger partial charge in [0.1, 0.15) is 5.75 Å². The van der Waals surface area contributed by atoms with E-state index in [0.717, 1.165) is 0 Å². The van der Waals surface area contributed by atoms with Gasteiger partial charge in [0.25, 0.3) is 0 Å². The zero-order chi connectivity index (χ0) is 8.81. The first-order chi connectivity index (χ1) is 5.88. The van der Waals surface area contributed by atoms with Crippen molar-refractivity contribution in [2.75, 3.05) is 13.9 Å². The molecule has 0 saturated heterocycles. The molecule has 0 spiro atoms. The Hall–Kier alpha value is -1.42. The van der Waals surface area contributed by atoms with Crippen LogP contribution in [0.1, 0.15) is 10.4 Å². The Kier molecular flexibility index (Phi) is 3.22. The van der Waals surface area contributed by atoms with Gasteiger partial charge in [0.2, 0.25) is 0 Å². The molecule has 4 heteroatoms. The highest BCUT2D eigenvalue weighted by Crippen LogP contribution is 2.13. The van der Waals surface area contributed by atoms with Gasteiger partial charge in [0.05, 0.1) is 5.56 Å². The van der Waals surface area contributed by atoms with Gasteiger partial charge in [-0.15, -0.1) is 0 Å². The second kappa shape index (κ2) is 4.46. The van der Waals surface area contributed by atoms with Crippen LogP contribution in [-0.2, 0) is 4.74 Å². The highest BCUT2D eigenvalue weighted by molar-refractivity contribution is 5.78. The quantitative estimate of drug-likeness (QED) is 0.493. The third-order valence-electron chi connectivity index (χ3n) is 1.27. The van der Waals surface area contributed by atoms with E-state index in [2.05, 4.69) is 9.72 Å². The first-order valence-corrected chi connectivity index (χ1v) is 3.39. The summed E-state index contributed by atoms with van der Waals surface area (Å²) < 4.78 is 9.77. The number of aromatic nitrogens is 1. The van der Waals surface area contributed by atoms with Crippen molar-refractivity contribution in [3.63, 3.8) is 0 Å². The van der Waals surface area contributed by atoms with Gasteiger partial charge < -0.3 is 9.47 Å². The maximum Gasteiger partial charge on any atom is 0.188 e. The topological polar surface area (TPSA) is 48.4 Å². The molecule has 4 nitrogen and oxygen atoms in total. The zero-order valence-corrected chi connectivity index (χ0v) is 6.69. The highest BCUT2D eigenvalue weighted by Gasteiger charge is 2.00. The summed E-state index contributed by atoms with van der Waals surface area (Å²) in [5.41, 5.74) is 0.426. The Morgan fingerprint density at radius 1 is 1.67 bits per heavy atom. The van der Waals surface area contributed by atoms with Gasteiger partial charge in [-0.2, -0.15) is 0 Å². The monoisotopic (exact) mass is 167 g/mol. The van der Waals surface area contributed by atoms with Gasteiger partial charge in [-0.05, 0) is 6.07 Å². The molecule has 0 fully saturated rings. The second-order valence-electron chi connectivity index (χ2n) is 2.08. The van der Waals surface area contributed by atoms with E-state index in [4.69, 9.17) is 4.74 Å². The predicted octanol–water partition coefficient (Wildman–Crippen LogP) is 0.877. The Labute approximate surface area is 70.1 Å². The minimum absolute atomic E-state index is 0.130. The molecule has 0 radical (unpaired) electrons. The summed E-state index contributed by atoms with van der Waals surface area (Å²) in [6, 6.07) is 1.61. The van der Waals surface area contributed by atoms with E-state index < -0.39 is 0 Å². The van der Waals surface area contributed by atoms with Crippen molar-refractivity contribution in [3.05, 3.63) is 24.0 Å². The lowest BCUT2D eigenvalue weighted by molar-refractivity contribution is 0.0505. The smallest absolute Gasteiger partial charge is 0.188 e. The summed E-state index contributed by atoms with van der Waals surface area (Å²) in [5, 5.41) is 0. The van der Waals surface area contributed by atoms with Crippen molar-refractivity contribution < 1.29 is 14.3 Å². The number of methoxy groups -OCH3 is 1. The average molecular weight is 167 g/mol.